The van der Waals surface area contributed by atoms with Crippen molar-refractivity contribution in [2.75, 3.05) is 6.61 Å². The Morgan fingerprint density at radius 3 is 2.83 bits per heavy atom. The van der Waals surface area contributed by atoms with Gasteiger partial charge in [0.15, 0.2) is 6.61 Å². The average Bonchev–Trinajstić information content (AvgIpc) is 3.13. The van der Waals surface area contributed by atoms with Gasteiger partial charge in [0.1, 0.15) is 11.2 Å². The molecule has 1 amide bonds. The molecule has 0 N–H and O–H groups in total. The van der Waals surface area contributed by atoms with Gasteiger partial charge >= 0.3 is 0 Å². The van der Waals surface area contributed by atoms with Crippen LogP contribution in [0.3, 0.4) is 0 Å². The number of carbonyl (C=O) groups is 1. The Labute approximate surface area is 146 Å². The van der Waals surface area contributed by atoms with E-state index in [9.17, 15) is 4.79 Å². The third-order valence-electron chi connectivity index (χ3n) is 5.28. The molecule has 0 saturated carbocycles. The number of hydrogen-bond acceptors (Lipinski definition) is 5. The van der Waals surface area contributed by atoms with E-state index in [-0.39, 0.29) is 12.5 Å². The highest BCUT2D eigenvalue weighted by Gasteiger charge is 2.29. The van der Waals surface area contributed by atoms with Gasteiger partial charge in [-0.2, -0.15) is 0 Å². The predicted octanol–water partition coefficient (Wildman–Crippen LogP) is 3.35. The molecule has 0 bridgehead atoms. The van der Waals surface area contributed by atoms with Gasteiger partial charge < -0.3 is 9.64 Å². The molecule has 1 aliphatic carbocycles. The van der Waals surface area contributed by atoms with Crippen molar-refractivity contribution in [3.8, 4) is 5.88 Å². The summed E-state index contributed by atoms with van der Waals surface area (Å²) in [7, 11) is 0. The lowest BCUT2D eigenvalue weighted by Crippen LogP contribution is -2.49. The highest BCUT2D eigenvalue weighted by molar-refractivity contribution is 7.18. The fourth-order valence-corrected chi connectivity index (χ4v) is 5.35. The topological polar surface area (TPSA) is 55.3 Å². The Bertz CT molecular complexity index is 763. The average molecular weight is 345 g/mol. The first-order chi connectivity index (χ1) is 11.6. The lowest BCUT2D eigenvalue weighted by atomic mass is 9.97. The first kappa shape index (κ1) is 15.8. The number of piperidine rings is 1. The second-order valence-corrected chi connectivity index (χ2v) is 8.02. The summed E-state index contributed by atoms with van der Waals surface area (Å²) >= 11 is 1.74. The molecule has 0 spiro atoms. The van der Waals surface area contributed by atoms with Crippen molar-refractivity contribution in [2.24, 2.45) is 0 Å². The van der Waals surface area contributed by atoms with Crippen LogP contribution < -0.4 is 4.74 Å². The molecule has 2 unspecified atom stereocenters. The zero-order valence-electron chi connectivity index (χ0n) is 14.2. The maximum Gasteiger partial charge on any atom is 0.261 e. The summed E-state index contributed by atoms with van der Waals surface area (Å²) in [6, 6.07) is 0.585. The molecule has 0 aromatic carbocycles. The molecular formula is C18H23N3O2S. The van der Waals surface area contributed by atoms with E-state index in [0.29, 0.717) is 18.0 Å². The fourth-order valence-electron chi connectivity index (χ4n) is 4.13. The SMILES string of the molecule is CC1CCCC(C)N1C(=O)COc1ncnc2sc3c(c12)CCC3. The quantitative estimate of drug-likeness (QED) is 0.856. The van der Waals surface area contributed by atoms with Crippen LogP contribution >= 0.6 is 11.3 Å². The smallest absolute Gasteiger partial charge is 0.261 e. The number of fused-ring (bicyclic) bond motifs is 3. The van der Waals surface area contributed by atoms with Gasteiger partial charge in [-0.05, 0) is 57.9 Å². The Morgan fingerprint density at radius 1 is 1.25 bits per heavy atom. The molecule has 24 heavy (non-hydrogen) atoms. The Morgan fingerprint density at radius 2 is 2.04 bits per heavy atom. The van der Waals surface area contributed by atoms with E-state index in [4.69, 9.17) is 4.74 Å². The molecule has 6 heteroatoms. The predicted molar refractivity (Wildman–Crippen MR) is 94.6 cm³/mol. The molecule has 2 atom stereocenters. The van der Waals surface area contributed by atoms with Crippen molar-refractivity contribution in [1.29, 1.82) is 0 Å². The number of aromatic nitrogens is 2. The van der Waals surface area contributed by atoms with Crippen molar-refractivity contribution in [3.63, 3.8) is 0 Å². The third-order valence-corrected chi connectivity index (χ3v) is 6.48. The second kappa shape index (κ2) is 6.31. The molecular weight excluding hydrogens is 322 g/mol. The van der Waals surface area contributed by atoms with Gasteiger partial charge in [-0.15, -0.1) is 11.3 Å². The van der Waals surface area contributed by atoms with Crippen molar-refractivity contribution < 1.29 is 9.53 Å². The van der Waals surface area contributed by atoms with Crippen LogP contribution in [0.15, 0.2) is 6.33 Å². The van der Waals surface area contributed by atoms with Gasteiger partial charge in [-0.3, -0.25) is 4.79 Å². The summed E-state index contributed by atoms with van der Waals surface area (Å²) in [5.41, 5.74) is 1.33. The Balaban J connectivity index is 1.54. The van der Waals surface area contributed by atoms with E-state index in [1.807, 2.05) is 4.90 Å². The van der Waals surface area contributed by atoms with Crippen LogP contribution in [0.4, 0.5) is 0 Å². The molecule has 3 heterocycles. The minimum Gasteiger partial charge on any atom is -0.467 e. The zero-order valence-corrected chi connectivity index (χ0v) is 15.1. The van der Waals surface area contributed by atoms with Gasteiger partial charge in [-0.25, -0.2) is 9.97 Å². The molecule has 2 aliphatic rings. The molecule has 128 valence electrons. The number of carbonyl (C=O) groups excluding carboxylic acids is 1. The van der Waals surface area contributed by atoms with E-state index in [0.717, 1.165) is 35.9 Å². The summed E-state index contributed by atoms with van der Waals surface area (Å²) in [5.74, 6) is 0.637. The monoisotopic (exact) mass is 345 g/mol. The second-order valence-electron chi connectivity index (χ2n) is 6.93. The van der Waals surface area contributed by atoms with Gasteiger partial charge in [0.05, 0.1) is 5.39 Å². The normalized spacial score (nSPS) is 23.5. The van der Waals surface area contributed by atoms with Crippen molar-refractivity contribution in [3.05, 3.63) is 16.8 Å². The largest absolute Gasteiger partial charge is 0.467 e. The van der Waals surface area contributed by atoms with Crippen LogP contribution in [0.2, 0.25) is 0 Å². The molecule has 5 nitrogen and oxygen atoms in total. The molecule has 1 aliphatic heterocycles. The number of ether oxygens (including phenoxy) is 1. The first-order valence-corrected chi connectivity index (χ1v) is 9.66. The minimum absolute atomic E-state index is 0.0609. The van der Waals surface area contributed by atoms with Crippen molar-refractivity contribution >= 4 is 27.5 Å². The van der Waals surface area contributed by atoms with E-state index in [1.54, 1.807) is 17.7 Å². The maximum absolute atomic E-state index is 12.7. The number of amides is 1. The minimum atomic E-state index is 0.0609. The molecule has 4 rings (SSSR count). The van der Waals surface area contributed by atoms with Gasteiger partial charge in [0.25, 0.3) is 5.91 Å². The standard InChI is InChI=1S/C18H23N3O2S/c1-11-5-3-6-12(2)21(11)15(22)9-23-17-16-13-7-4-8-14(13)24-18(16)20-10-19-17/h10-12H,3-9H2,1-2H3. The summed E-state index contributed by atoms with van der Waals surface area (Å²) in [5, 5.41) is 1.03. The molecule has 1 saturated heterocycles. The van der Waals surface area contributed by atoms with Gasteiger partial charge in [-0.1, -0.05) is 0 Å². The summed E-state index contributed by atoms with van der Waals surface area (Å²) < 4.78 is 5.88. The zero-order chi connectivity index (χ0) is 16.7. The number of thiophene rings is 1. The van der Waals surface area contributed by atoms with E-state index in [2.05, 4.69) is 23.8 Å². The lowest BCUT2D eigenvalue weighted by molar-refractivity contribution is -0.139. The number of likely N-dealkylation sites (tertiary alicyclic amines) is 1. The van der Waals surface area contributed by atoms with E-state index >= 15 is 0 Å². The van der Waals surface area contributed by atoms with Crippen LogP contribution in [0.25, 0.3) is 10.2 Å². The lowest BCUT2D eigenvalue weighted by Gasteiger charge is -2.38. The molecule has 0 radical (unpaired) electrons. The van der Waals surface area contributed by atoms with Crippen LogP contribution in [-0.2, 0) is 17.6 Å². The molecule has 2 aromatic rings. The van der Waals surface area contributed by atoms with E-state index < -0.39 is 0 Å². The highest BCUT2D eigenvalue weighted by Crippen LogP contribution is 2.39. The van der Waals surface area contributed by atoms with Gasteiger partial charge in [0.2, 0.25) is 5.88 Å². The van der Waals surface area contributed by atoms with Crippen LogP contribution in [0.5, 0.6) is 5.88 Å². The Hall–Kier alpha value is -1.69. The van der Waals surface area contributed by atoms with Crippen LogP contribution in [0.1, 0.15) is 50.0 Å². The Kier molecular flexibility index (Phi) is 4.16. The summed E-state index contributed by atoms with van der Waals surface area (Å²) in [6.45, 7) is 4.32. The first-order valence-electron chi connectivity index (χ1n) is 8.84. The number of rotatable bonds is 3. The highest BCUT2D eigenvalue weighted by atomic mass is 32.1. The number of aryl methyl sites for hydroxylation is 2. The molecule has 1 fully saturated rings. The van der Waals surface area contributed by atoms with Crippen LogP contribution in [0, 0.1) is 0 Å². The maximum atomic E-state index is 12.7. The van der Waals surface area contributed by atoms with Crippen molar-refractivity contribution in [1.82, 2.24) is 14.9 Å². The summed E-state index contributed by atoms with van der Waals surface area (Å²) in [4.78, 5) is 25.7. The van der Waals surface area contributed by atoms with Gasteiger partial charge in [0, 0.05) is 17.0 Å². The number of nitrogens with zero attached hydrogens (tertiary/aromatic N) is 3. The molecule has 2 aromatic heterocycles. The fraction of sp³-hybridized carbons (Fsp3) is 0.611. The third kappa shape index (κ3) is 2.66. The van der Waals surface area contributed by atoms with E-state index in [1.165, 1.54) is 23.3 Å². The van der Waals surface area contributed by atoms with Crippen molar-refractivity contribution in [2.45, 2.75) is 64.5 Å². The van der Waals surface area contributed by atoms with Crippen LogP contribution in [-0.4, -0.2) is 39.5 Å². The number of hydrogen-bond donors (Lipinski definition) is 0. The summed E-state index contributed by atoms with van der Waals surface area (Å²) in [6.07, 6.45) is 8.26.